The first-order chi connectivity index (χ1) is 11.0. The smallest absolute Gasteiger partial charge is 0.247 e. The summed E-state index contributed by atoms with van der Waals surface area (Å²) >= 11 is 1.38. The van der Waals surface area contributed by atoms with E-state index < -0.39 is 6.04 Å². The van der Waals surface area contributed by atoms with E-state index in [0.717, 1.165) is 0 Å². The van der Waals surface area contributed by atoms with E-state index in [0.29, 0.717) is 22.8 Å². The van der Waals surface area contributed by atoms with Gasteiger partial charge < -0.3 is 11.1 Å². The third-order valence-corrected chi connectivity index (χ3v) is 4.08. The SMILES string of the molecule is CCC(C(=O)Nc1ccc(C(C)=O)cc1)n1c(N)nnc1SC. The van der Waals surface area contributed by atoms with Gasteiger partial charge in [-0.15, -0.1) is 10.2 Å². The van der Waals surface area contributed by atoms with Crippen LogP contribution < -0.4 is 11.1 Å². The lowest BCUT2D eigenvalue weighted by Gasteiger charge is -2.18. The molecule has 0 aliphatic carbocycles. The molecule has 0 radical (unpaired) electrons. The van der Waals surface area contributed by atoms with Crippen LogP contribution in [0.4, 0.5) is 11.6 Å². The number of nitrogen functional groups attached to an aromatic ring is 1. The Hall–Kier alpha value is -2.35. The lowest BCUT2D eigenvalue weighted by atomic mass is 10.1. The van der Waals surface area contributed by atoms with Crippen LogP contribution in [0.25, 0.3) is 0 Å². The van der Waals surface area contributed by atoms with Gasteiger partial charge in [0.05, 0.1) is 0 Å². The second-order valence-corrected chi connectivity index (χ2v) is 5.74. The zero-order valence-corrected chi connectivity index (χ0v) is 14.1. The van der Waals surface area contributed by atoms with Crippen molar-refractivity contribution in [3.8, 4) is 0 Å². The highest BCUT2D eigenvalue weighted by Crippen LogP contribution is 2.24. The molecule has 1 unspecified atom stereocenters. The highest BCUT2D eigenvalue weighted by Gasteiger charge is 2.24. The highest BCUT2D eigenvalue weighted by molar-refractivity contribution is 7.98. The van der Waals surface area contributed by atoms with Crippen molar-refractivity contribution in [2.24, 2.45) is 0 Å². The van der Waals surface area contributed by atoms with Crippen molar-refractivity contribution in [1.82, 2.24) is 14.8 Å². The van der Waals surface area contributed by atoms with Gasteiger partial charge in [0.1, 0.15) is 6.04 Å². The quantitative estimate of drug-likeness (QED) is 0.621. The zero-order chi connectivity index (χ0) is 17.0. The summed E-state index contributed by atoms with van der Waals surface area (Å²) in [6.45, 7) is 3.39. The number of carbonyl (C=O) groups excluding carboxylic acids is 2. The molecular formula is C15H19N5O2S. The molecule has 2 rings (SSSR count). The summed E-state index contributed by atoms with van der Waals surface area (Å²) in [5.74, 6) is -0.00987. The lowest BCUT2D eigenvalue weighted by molar-refractivity contribution is -0.119. The fourth-order valence-corrected chi connectivity index (χ4v) is 2.76. The molecule has 1 amide bonds. The zero-order valence-electron chi connectivity index (χ0n) is 13.2. The molecule has 8 heteroatoms. The van der Waals surface area contributed by atoms with Gasteiger partial charge in [0.2, 0.25) is 11.9 Å². The van der Waals surface area contributed by atoms with Crippen LogP contribution in [0.1, 0.15) is 36.7 Å². The number of thioether (sulfide) groups is 1. The van der Waals surface area contributed by atoms with Crippen molar-refractivity contribution in [3.63, 3.8) is 0 Å². The molecule has 0 saturated carbocycles. The molecule has 0 aliphatic rings. The number of nitrogens with zero attached hydrogens (tertiary/aromatic N) is 3. The van der Waals surface area contributed by atoms with E-state index in [1.807, 2.05) is 13.2 Å². The van der Waals surface area contributed by atoms with Gasteiger partial charge in [-0.3, -0.25) is 14.2 Å². The number of Topliss-reactive ketones (excluding diaryl/α,β-unsaturated/α-hetero) is 1. The standard InChI is InChI=1S/C15H19N5O2S/c1-4-12(20-14(16)18-19-15(20)23-3)13(22)17-11-7-5-10(6-8-11)9(2)21/h5-8,12H,4H2,1-3H3,(H2,16,18)(H,17,22). The van der Waals surface area contributed by atoms with Crippen LogP contribution in [0.15, 0.2) is 29.4 Å². The first kappa shape index (κ1) is 17.0. The van der Waals surface area contributed by atoms with Crippen molar-refractivity contribution in [3.05, 3.63) is 29.8 Å². The minimum atomic E-state index is -0.500. The first-order valence-corrected chi connectivity index (χ1v) is 8.36. The monoisotopic (exact) mass is 333 g/mol. The van der Waals surface area contributed by atoms with Crippen LogP contribution in [0.3, 0.4) is 0 Å². The van der Waals surface area contributed by atoms with Crippen LogP contribution in [0, 0.1) is 0 Å². The molecule has 23 heavy (non-hydrogen) atoms. The van der Waals surface area contributed by atoms with Crippen molar-refractivity contribution in [2.75, 3.05) is 17.3 Å². The maximum Gasteiger partial charge on any atom is 0.247 e. The Morgan fingerprint density at radius 3 is 2.48 bits per heavy atom. The molecule has 1 aromatic heterocycles. The Labute approximate surface area is 138 Å². The Balaban J connectivity index is 2.20. The highest BCUT2D eigenvalue weighted by atomic mass is 32.2. The third kappa shape index (κ3) is 3.70. The molecule has 0 spiro atoms. The fraction of sp³-hybridized carbons (Fsp3) is 0.333. The number of nitrogens with one attached hydrogen (secondary N) is 1. The summed E-state index contributed by atoms with van der Waals surface area (Å²) in [5.41, 5.74) is 7.06. The number of ketones is 1. The van der Waals surface area contributed by atoms with Crippen LogP contribution in [0.5, 0.6) is 0 Å². The van der Waals surface area contributed by atoms with E-state index in [1.165, 1.54) is 18.7 Å². The number of benzene rings is 1. The van der Waals surface area contributed by atoms with Crippen LogP contribution >= 0.6 is 11.8 Å². The van der Waals surface area contributed by atoms with E-state index in [2.05, 4.69) is 15.5 Å². The summed E-state index contributed by atoms with van der Waals surface area (Å²) < 4.78 is 1.63. The Morgan fingerprint density at radius 2 is 1.96 bits per heavy atom. The predicted molar refractivity (Wildman–Crippen MR) is 90.6 cm³/mol. The van der Waals surface area contributed by atoms with Gasteiger partial charge >= 0.3 is 0 Å². The van der Waals surface area contributed by atoms with Gasteiger partial charge in [-0.2, -0.15) is 0 Å². The molecule has 0 saturated heterocycles. The number of amides is 1. The van der Waals surface area contributed by atoms with Crippen LogP contribution in [0.2, 0.25) is 0 Å². The molecule has 0 bridgehead atoms. The molecule has 0 aliphatic heterocycles. The van der Waals surface area contributed by atoms with E-state index in [1.54, 1.807) is 28.8 Å². The maximum atomic E-state index is 12.6. The van der Waals surface area contributed by atoms with Gasteiger partial charge in [0.25, 0.3) is 0 Å². The second kappa shape index (κ2) is 7.28. The van der Waals surface area contributed by atoms with E-state index in [4.69, 9.17) is 5.73 Å². The number of rotatable bonds is 6. The maximum absolute atomic E-state index is 12.6. The number of hydrogen-bond acceptors (Lipinski definition) is 6. The van der Waals surface area contributed by atoms with Crippen molar-refractivity contribution in [2.45, 2.75) is 31.5 Å². The molecule has 3 N–H and O–H groups in total. The van der Waals surface area contributed by atoms with Crippen LogP contribution in [-0.4, -0.2) is 32.7 Å². The number of nitrogens with two attached hydrogens (primary N) is 1. The second-order valence-electron chi connectivity index (χ2n) is 4.96. The number of hydrogen-bond donors (Lipinski definition) is 2. The predicted octanol–water partition coefficient (Wildman–Crippen LogP) is 2.37. The Kier molecular flexibility index (Phi) is 5.38. The topological polar surface area (TPSA) is 103 Å². The van der Waals surface area contributed by atoms with Gasteiger partial charge in [0.15, 0.2) is 10.9 Å². The van der Waals surface area contributed by atoms with Gasteiger partial charge in [-0.1, -0.05) is 18.7 Å². The first-order valence-electron chi connectivity index (χ1n) is 7.14. The average Bonchev–Trinajstić information content (AvgIpc) is 2.90. The molecule has 2 aromatic rings. The van der Waals surface area contributed by atoms with Crippen molar-refractivity contribution in [1.29, 1.82) is 0 Å². The summed E-state index contributed by atoms with van der Waals surface area (Å²) in [6.07, 6.45) is 2.40. The summed E-state index contributed by atoms with van der Waals surface area (Å²) in [7, 11) is 0. The van der Waals surface area contributed by atoms with Crippen molar-refractivity contribution < 1.29 is 9.59 Å². The Bertz CT molecular complexity index is 711. The summed E-state index contributed by atoms with van der Waals surface area (Å²) in [6, 6.07) is 6.26. The van der Waals surface area contributed by atoms with Gasteiger partial charge in [-0.25, -0.2) is 0 Å². The van der Waals surface area contributed by atoms with Gasteiger partial charge in [-0.05, 0) is 43.9 Å². The van der Waals surface area contributed by atoms with Crippen molar-refractivity contribution >= 4 is 35.1 Å². The summed E-state index contributed by atoms with van der Waals surface area (Å²) in [5, 5.41) is 11.2. The molecule has 1 atom stereocenters. The normalized spacial score (nSPS) is 12.0. The summed E-state index contributed by atoms with van der Waals surface area (Å²) in [4.78, 5) is 23.8. The Morgan fingerprint density at radius 1 is 1.30 bits per heavy atom. The number of aromatic nitrogens is 3. The molecule has 1 heterocycles. The lowest BCUT2D eigenvalue weighted by Crippen LogP contribution is -2.27. The molecule has 7 nitrogen and oxygen atoms in total. The minimum Gasteiger partial charge on any atom is -0.368 e. The fourth-order valence-electron chi connectivity index (χ4n) is 2.22. The molecule has 0 fully saturated rings. The number of carbonyl (C=O) groups is 2. The van der Waals surface area contributed by atoms with E-state index >= 15 is 0 Å². The molecule has 122 valence electrons. The van der Waals surface area contributed by atoms with Crippen LogP contribution in [-0.2, 0) is 4.79 Å². The largest absolute Gasteiger partial charge is 0.368 e. The molecule has 1 aromatic carbocycles. The number of anilines is 2. The average molecular weight is 333 g/mol. The minimum absolute atomic E-state index is 0.0174. The molecular weight excluding hydrogens is 314 g/mol. The van der Waals surface area contributed by atoms with Gasteiger partial charge in [0, 0.05) is 11.3 Å². The third-order valence-electron chi connectivity index (χ3n) is 3.43. The van der Waals surface area contributed by atoms with E-state index in [9.17, 15) is 9.59 Å². The van der Waals surface area contributed by atoms with E-state index in [-0.39, 0.29) is 17.6 Å².